The minimum absolute atomic E-state index is 0.0360. The van der Waals surface area contributed by atoms with Crippen LogP contribution in [0.4, 0.5) is 0 Å². The fourth-order valence-corrected chi connectivity index (χ4v) is 2.59. The van der Waals surface area contributed by atoms with Gasteiger partial charge in [-0.3, -0.25) is 4.79 Å². The molecule has 2 rings (SSSR count). The first-order valence-electron chi connectivity index (χ1n) is 6.69. The highest BCUT2D eigenvalue weighted by Crippen LogP contribution is 2.31. The second kappa shape index (κ2) is 5.79. The van der Waals surface area contributed by atoms with Gasteiger partial charge in [0.2, 0.25) is 0 Å². The van der Waals surface area contributed by atoms with Crippen LogP contribution in [0.25, 0.3) is 0 Å². The molecule has 1 amide bonds. The van der Waals surface area contributed by atoms with E-state index in [-0.39, 0.29) is 11.3 Å². The Morgan fingerprint density at radius 1 is 1.40 bits per heavy atom. The molecule has 1 aliphatic heterocycles. The van der Waals surface area contributed by atoms with E-state index in [0.717, 1.165) is 12.8 Å². The number of ether oxygens (including phenoxy) is 1. The van der Waals surface area contributed by atoms with Crippen LogP contribution in [0, 0.1) is 5.41 Å². The first-order valence-corrected chi connectivity index (χ1v) is 7.10. The van der Waals surface area contributed by atoms with Crippen LogP contribution in [0.5, 0.6) is 5.75 Å². The summed E-state index contributed by atoms with van der Waals surface area (Å²) in [5.41, 5.74) is 6.31. The molecule has 0 radical (unpaired) electrons. The molecule has 1 aromatic carbocycles. The van der Waals surface area contributed by atoms with Gasteiger partial charge >= 0.3 is 0 Å². The SMILES string of the molecule is COc1cccc(C(=O)N2CCC(C)(C(N)=S)CC2)c1. The van der Waals surface area contributed by atoms with Gasteiger partial charge in [0.05, 0.1) is 12.1 Å². The average Bonchev–Trinajstić information content (AvgIpc) is 2.47. The van der Waals surface area contributed by atoms with Crippen LogP contribution in [0.3, 0.4) is 0 Å². The van der Waals surface area contributed by atoms with Crippen molar-refractivity contribution in [2.24, 2.45) is 11.1 Å². The van der Waals surface area contributed by atoms with Crippen LogP contribution in [0.1, 0.15) is 30.1 Å². The summed E-state index contributed by atoms with van der Waals surface area (Å²) in [4.78, 5) is 14.9. The molecule has 108 valence electrons. The first kappa shape index (κ1) is 14.8. The number of amides is 1. The van der Waals surface area contributed by atoms with E-state index < -0.39 is 0 Å². The zero-order chi connectivity index (χ0) is 14.8. The molecule has 1 aromatic rings. The van der Waals surface area contributed by atoms with Crippen molar-refractivity contribution >= 4 is 23.1 Å². The Labute approximate surface area is 124 Å². The maximum absolute atomic E-state index is 12.5. The van der Waals surface area contributed by atoms with Crippen LogP contribution < -0.4 is 10.5 Å². The Morgan fingerprint density at radius 3 is 2.60 bits per heavy atom. The summed E-state index contributed by atoms with van der Waals surface area (Å²) in [6.07, 6.45) is 1.64. The van der Waals surface area contributed by atoms with Crippen LogP contribution >= 0.6 is 12.2 Å². The van der Waals surface area contributed by atoms with Gasteiger partial charge in [-0.1, -0.05) is 25.2 Å². The molecule has 20 heavy (non-hydrogen) atoms. The van der Waals surface area contributed by atoms with Crippen molar-refractivity contribution in [3.05, 3.63) is 29.8 Å². The molecule has 0 unspecified atom stereocenters. The fourth-order valence-electron chi connectivity index (χ4n) is 2.39. The van der Waals surface area contributed by atoms with Crippen molar-refractivity contribution < 1.29 is 9.53 Å². The van der Waals surface area contributed by atoms with Crippen molar-refractivity contribution in [1.82, 2.24) is 4.90 Å². The number of benzene rings is 1. The first-order chi connectivity index (χ1) is 9.46. The molecule has 1 aliphatic rings. The molecule has 0 bridgehead atoms. The number of methoxy groups -OCH3 is 1. The average molecular weight is 292 g/mol. The van der Waals surface area contributed by atoms with Crippen molar-refractivity contribution in [1.29, 1.82) is 0 Å². The number of carbonyl (C=O) groups is 1. The third kappa shape index (κ3) is 2.93. The number of piperidine rings is 1. The summed E-state index contributed by atoms with van der Waals surface area (Å²) >= 11 is 5.12. The summed E-state index contributed by atoms with van der Waals surface area (Å²) < 4.78 is 5.15. The molecule has 0 spiro atoms. The number of rotatable bonds is 3. The molecular weight excluding hydrogens is 272 g/mol. The number of carbonyl (C=O) groups excluding carboxylic acids is 1. The van der Waals surface area contributed by atoms with Gasteiger partial charge in [-0.25, -0.2) is 0 Å². The standard InChI is InChI=1S/C15H20N2O2S/c1-15(14(16)20)6-8-17(9-7-15)13(18)11-4-3-5-12(10-11)19-2/h3-5,10H,6-9H2,1-2H3,(H2,16,20). The molecule has 2 N–H and O–H groups in total. The minimum atomic E-state index is -0.125. The molecule has 0 saturated carbocycles. The zero-order valence-electron chi connectivity index (χ0n) is 11.9. The molecule has 1 fully saturated rings. The third-order valence-corrected chi connectivity index (χ3v) is 4.56. The Hall–Kier alpha value is -1.62. The van der Waals surface area contributed by atoms with E-state index in [9.17, 15) is 4.79 Å². The number of hydrogen-bond acceptors (Lipinski definition) is 3. The van der Waals surface area contributed by atoms with E-state index in [2.05, 4.69) is 6.92 Å². The molecule has 1 heterocycles. The highest BCUT2D eigenvalue weighted by Gasteiger charge is 2.34. The van der Waals surface area contributed by atoms with E-state index >= 15 is 0 Å². The Morgan fingerprint density at radius 2 is 2.05 bits per heavy atom. The second-order valence-corrected chi connectivity index (χ2v) is 5.89. The number of likely N-dealkylation sites (tertiary alicyclic amines) is 1. The summed E-state index contributed by atoms with van der Waals surface area (Å²) in [7, 11) is 1.60. The van der Waals surface area contributed by atoms with E-state index in [1.54, 1.807) is 13.2 Å². The highest BCUT2D eigenvalue weighted by molar-refractivity contribution is 7.80. The molecule has 0 aliphatic carbocycles. The lowest BCUT2D eigenvalue weighted by molar-refractivity contribution is 0.0670. The number of thiocarbonyl (C=S) groups is 1. The Kier molecular flexibility index (Phi) is 4.28. The Bertz CT molecular complexity index is 522. The van der Waals surface area contributed by atoms with E-state index in [4.69, 9.17) is 22.7 Å². The fraction of sp³-hybridized carbons (Fsp3) is 0.467. The van der Waals surface area contributed by atoms with E-state index in [1.165, 1.54) is 0 Å². The van der Waals surface area contributed by atoms with E-state index in [0.29, 0.717) is 29.4 Å². The smallest absolute Gasteiger partial charge is 0.253 e. The van der Waals surface area contributed by atoms with Crippen molar-refractivity contribution in [2.45, 2.75) is 19.8 Å². The summed E-state index contributed by atoms with van der Waals surface area (Å²) in [6, 6.07) is 7.24. The van der Waals surface area contributed by atoms with Gasteiger partial charge in [0.15, 0.2) is 0 Å². The topological polar surface area (TPSA) is 55.6 Å². The normalized spacial score (nSPS) is 17.6. The lowest BCUT2D eigenvalue weighted by Gasteiger charge is -2.38. The highest BCUT2D eigenvalue weighted by atomic mass is 32.1. The van der Waals surface area contributed by atoms with E-state index in [1.807, 2.05) is 23.1 Å². The van der Waals surface area contributed by atoms with Gasteiger partial charge < -0.3 is 15.4 Å². The van der Waals surface area contributed by atoms with Crippen LogP contribution in [0.15, 0.2) is 24.3 Å². The van der Waals surface area contributed by atoms with Crippen molar-refractivity contribution in [2.75, 3.05) is 20.2 Å². The lowest BCUT2D eigenvalue weighted by Crippen LogP contribution is -2.46. The van der Waals surface area contributed by atoms with Crippen molar-refractivity contribution in [3.63, 3.8) is 0 Å². The number of nitrogens with zero attached hydrogens (tertiary/aromatic N) is 1. The van der Waals surface area contributed by atoms with Gasteiger partial charge in [0.1, 0.15) is 5.75 Å². The lowest BCUT2D eigenvalue weighted by atomic mass is 9.80. The van der Waals surface area contributed by atoms with Gasteiger partial charge in [-0.15, -0.1) is 0 Å². The third-order valence-electron chi connectivity index (χ3n) is 4.07. The quantitative estimate of drug-likeness (QED) is 0.868. The Balaban J connectivity index is 2.06. The van der Waals surface area contributed by atoms with Gasteiger partial charge in [0.25, 0.3) is 5.91 Å². The number of nitrogens with two attached hydrogens (primary N) is 1. The van der Waals surface area contributed by atoms with Gasteiger partial charge in [-0.05, 0) is 31.0 Å². The minimum Gasteiger partial charge on any atom is -0.497 e. The van der Waals surface area contributed by atoms with Crippen LogP contribution in [-0.2, 0) is 0 Å². The second-order valence-electron chi connectivity index (χ2n) is 5.45. The maximum atomic E-state index is 12.5. The summed E-state index contributed by atoms with van der Waals surface area (Å²) in [5, 5.41) is 0. The molecule has 5 heteroatoms. The molecule has 0 aromatic heterocycles. The predicted octanol–water partition coefficient (Wildman–Crippen LogP) is 2.22. The summed E-state index contributed by atoms with van der Waals surface area (Å²) in [6.45, 7) is 3.44. The van der Waals surface area contributed by atoms with Crippen LogP contribution in [-0.4, -0.2) is 36.0 Å². The molecule has 1 saturated heterocycles. The molecule has 4 nitrogen and oxygen atoms in total. The number of hydrogen-bond donors (Lipinski definition) is 1. The summed E-state index contributed by atoms with van der Waals surface area (Å²) in [5.74, 6) is 0.731. The molecular formula is C15H20N2O2S. The van der Waals surface area contributed by atoms with Gasteiger partial charge in [-0.2, -0.15) is 0 Å². The monoisotopic (exact) mass is 292 g/mol. The van der Waals surface area contributed by atoms with Crippen molar-refractivity contribution in [3.8, 4) is 5.75 Å². The largest absolute Gasteiger partial charge is 0.497 e. The maximum Gasteiger partial charge on any atom is 0.253 e. The predicted molar refractivity (Wildman–Crippen MR) is 83.0 cm³/mol. The zero-order valence-corrected chi connectivity index (χ0v) is 12.7. The van der Waals surface area contributed by atoms with Crippen LogP contribution in [0.2, 0.25) is 0 Å². The molecule has 0 atom stereocenters. The van der Waals surface area contributed by atoms with Gasteiger partial charge in [0, 0.05) is 24.1 Å².